The van der Waals surface area contributed by atoms with Crippen LogP contribution in [0.4, 0.5) is 11.9 Å². The topological polar surface area (TPSA) is 84.3 Å². The number of hydrogen-bond donors (Lipinski definition) is 2. The molecule has 0 unspecified atom stereocenters. The molecule has 0 saturated carbocycles. The number of hydrogen-bond acceptors (Lipinski definition) is 7. The molecule has 0 fully saturated rings. The molecule has 0 amide bonds. The van der Waals surface area contributed by atoms with E-state index in [-0.39, 0.29) is 0 Å². The van der Waals surface area contributed by atoms with Crippen LogP contribution in [0.1, 0.15) is 11.4 Å². The lowest BCUT2D eigenvalue weighted by atomic mass is 10.2. The largest absolute Gasteiger partial charge is 0.497 e. The fourth-order valence-corrected chi connectivity index (χ4v) is 1.50. The number of ether oxygens (including phenoxy) is 1. The maximum atomic E-state index is 5.09. The Morgan fingerprint density at radius 1 is 1.10 bits per heavy atom. The minimum absolute atomic E-state index is 0.395. The molecule has 0 atom stereocenters. The first-order chi connectivity index (χ1) is 9.71. The van der Waals surface area contributed by atoms with Gasteiger partial charge in [0, 0.05) is 7.05 Å². The van der Waals surface area contributed by atoms with Crippen molar-refractivity contribution in [1.82, 2.24) is 15.0 Å². The van der Waals surface area contributed by atoms with Gasteiger partial charge in [-0.15, -0.1) is 0 Å². The van der Waals surface area contributed by atoms with Gasteiger partial charge in [-0.05, 0) is 36.8 Å². The lowest BCUT2D eigenvalue weighted by molar-refractivity contribution is 0.415. The SMILES string of the molecule is CNc1nc(C)nc(NN=Cc2ccc(OC)cc2)n1. The van der Waals surface area contributed by atoms with Gasteiger partial charge < -0.3 is 10.1 Å². The van der Waals surface area contributed by atoms with Crippen molar-refractivity contribution < 1.29 is 4.74 Å². The first-order valence-electron chi connectivity index (χ1n) is 6.05. The fraction of sp³-hybridized carbons (Fsp3) is 0.231. The molecule has 0 saturated heterocycles. The number of nitrogens with zero attached hydrogens (tertiary/aromatic N) is 4. The summed E-state index contributed by atoms with van der Waals surface area (Å²) in [5.74, 6) is 2.32. The second-order valence-electron chi connectivity index (χ2n) is 3.92. The fourth-order valence-electron chi connectivity index (χ4n) is 1.50. The van der Waals surface area contributed by atoms with Gasteiger partial charge in [-0.25, -0.2) is 5.43 Å². The van der Waals surface area contributed by atoms with Crippen molar-refractivity contribution in [3.05, 3.63) is 35.7 Å². The predicted octanol–water partition coefficient (Wildman–Crippen LogP) is 1.68. The Balaban J connectivity index is 2.03. The summed E-state index contributed by atoms with van der Waals surface area (Å²) in [5.41, 5.74) is 3.72. The zero-order valence-corrected chi connectivity index (χ0v) is 11.6. The van der Waals surface area contributed by atoms with E-state index < -0.39 is 0 Å². The monoisotopic (exact) mass is 272 g/mol. The van der Waals surface area contributed by atoms with Crippen LogP contribution in [0.5, 0.6) is 5.75 Å². The van der Waals surface area contributed by atoms with Crippen molar-refractivity contribution >= 4 is 18.1 Å². The molecule has 2 rings (SSSR count). The lowest BCUT2D eigenvalue weighted by Gasteiger charge is -2.03. The van der Waals surface area contributed by atoms with E-state index in [0.29, 0.717) is 17.7 Å². The van der Waals surface area contributed by atoms with Crippen molar-refractivity contribution in [2.24, 2.45) is 5.10 Å². The molecule has 0 radical (unpaired) electrons. The van der Waals surface area contributed by atoms with Crippen LogP contribution in [-0.2, 0) is 0 Å². The average molecular weight is 272 g/mol. The molecule has 20 heavy (non-hydrogen) atoms. The number of rotatable bonds is 5. The third kappa shape index (κ3) is 3.64. The van der Waals surface area contributed by atoms with Crippen LogP contribution in [-0.4, -0.2) is 35.3 Å². The Kier molecular flexibility index (Phi) is 4.43. The molecule has 1 heterocycles. The number of hydrazone groups is 1. The Labute approximate surface area is 117 Å². The van der Waals surface area contributed by atoms with Crippen molar-refractivity contribution in [3.8, 4) is 5.75 Å². The molecule has 104 valence electrons. The van der Waals surface area contributed by atoms with E-state index in [1.54, 1.807) is 27.3 Å². The van der Waals surface area contributed by atoms with Crippen molar-refractivity contribution in [2.75, 3.05) is 24.9 Å². The number of aromatic nitrogens is 3. The Hall–Kier alpha value is -2.70. The summed E-state index contributed by atoms with van der Waals surface area (Å²) >= 11 is 0. The molecule has 1 aromatic heterocycles. The van der Waals surface area contributed by atoms with Crippen LogP contribution < -0.4 is 15.5 Å². The standard InChI is InChI=1S/C13H16N6O/c1-9-16-12(14-2)18-13(17-9)19-15-8-10-4-6-11(20-3)7-5-10/h4-8H,1-3H3,(H2,14,16,17,18,19). The quantitative estimate of drug-likeness (QED) is 0.636. The highest BCUT2D eigenvalue weighted by atomic mass is 16.5. The van der Waals surface area contributed by atoms with E-state index in [9.17, 15) is 0 Å². The van der Waals surface area contributed by atoms with Crippen LogP contribution in [0.25, 0.3) is 0 Å². The van der Waals surface area contributed by atoms with Gasteiger partial charge >= 0.3 is 0 Å². The van der Waals surface area contributed by atoms with E-state index in [1.807, 2.05) is 24.3 Å². The second-order valence-corrected chi connectivity index (χ2v) is 3.92. The molecular weight excluding hydrogens is 256 g/mol. The van der Waals surface area contributed by atoms with Gasteiger partial charge in [0.2, 0.25) is 11.9 Å². The number of anilines is 2. The summed E-state index contributed by atoms with van der Waals surface area (Å²) in [7, 11) is 3.38. The first-order valence-corrected chi connectivity index (χ1v) is 6.05. The summed E-state index contributed by atoms with van der Waals surface area (Å²) in [6, 6.07) is 7.55. The maximum absolute atomic E-state index is 5.09. The molecule has 7 nitrogen and oxygen atoms in total. The highest BCUT2D eigenvalue weighted by molar-refractivity contribution is 5.80. The summed E-state index contributed by atoms with van der Waals surface area (Å²) in [4.78, 5) is 12.4. The highest BCUT2D eigenvalue weighted by Gasteiger charge is 2.00. The van der Waals surface area contributed by atoms with E-state index >= 15 is 0 Å². The highest BCUT2D eigenvalue weighted by Crippen LogP contribution is 2.10. The van der Waals surface area contributed by atoms with Crippen LogP contribution in [0, 0.1) is 6.92 Å². The van der Waals surface area contributed by atoms with Gasteiger partial charge in [0.1, 0.15) is 11.6 Å². The zero-order valence-electron chi connectivity index (χ0n) is 11.6. The minimum Gasteiger partial charge on any atom is -0.497 e. The Bertz CT molecular complexity index is 596. The van der Waals surface area contributed by atoms with Crippen LogP contribution in [0.2, 0.25) is 0 Å². The van der Waals surface area contributed by atoms with Crippen molar-refractivity contribution in [3.63, 3.8) is 0 Å². The van der Waals surface area contributed by atoms with E-state index in [4.69, 9.17) is 4.74 Å². The second kappa shape index (κ2) is 6.46. The Morgan fingerprint density at radius 3 is 2.45 bits per heavy atom. The summed E-state index contributed by atoms with van der Waals surface area (Å²) in [6.07, 6.45) is 1.68. The molecule has 2 N–H and O–H groups in total. The van der Waals surface area contributed by atoms with Gasteiger partial charge in [-0.3, -0.25) is 0 Å². The normalized spacial score (nSPS) is 10.6. The van der Waals surface area contributed by atoms with Crippen LogP contribution >= 0.6 is 0 Å². The number of benzene rings is 1. The summed E-state index contributed by atoms with van der Waals surface area (Å²) in [6.45, 7) is 1.79. The van der Waals surface area contributed by atoms with Gasteiger partial charge in [0.05, 0.1) is 13.3 Å². The molecule has 0 aliphatic carbocycles. The molecule has 1 aromatic carbocycles. The lowest BCUT2D eigenvalue weighted by Crippen LogP contribution is -2.05. The maximum Gasteiger partial charge on any atom is 0.248 e. The van der Waals surface area contributed by atoms with E-state index in [1.165, 1.54) is 0 Å². The Morgan fingerprint density at radius 2 is 1.80 bits per heavy atom. The van der Waals surface area contributed by atoms with Crippen molar-refractivity contribution in [1.29, 1.82) is 0 Å². The summed E-state index contributed by atoms with van der Waals surface area (Å²) < 4.78 is 5.09. The predicted molar refractivity (Wildman–Crippen MR) is 78.3 cm³/mol. The van der Waals surface area contributed by atoms with Gasteiger partial charge in [0.15, 0.2) is 0 Å². The molecule has 0 spiro atoms. The average Bonchev–Trinajstić information content (AvgIpc) is 2.47. The molecule has 0 bridgehead atoms. The minimum atomic E-state index is 0.395. The van der Waals surface area contributed by atoms with Crippen LogP contribution in [0.15, 0.2) is 29.4 Å². The number of nitrogens with one attached hydrogen (secondary N) is 2. The molecule has 7 heteroatoms. The molecule has 2 aromatic rings. The zero-order chi connectivity index (χ0) is 14.4. The van der Waals surface area contributed by atoms with E-state index in [0.717, 1.165) is 11.3 Å². The van der Waals surface area contributed by atoms with Crippen LogP contribution in [0.3, 0.4) is 0 Å². The molecule has 0 aliphatic rings. The molecular formula is C13H16N6O. The smallest absolute Gasteiger partial charge is 0.248 e. The third-order valence-electron chi connectivity index (χ3n) is 2.46. The third-order valence-corrected chi connectivity index (χ3v) is 2.46. The van der Waals surface area contributed by atoms with Gasteiger partial charge in [-0.1, -0.05) is 0 Å². The molecule has 0 aliphatic heterocycles. The van der Waals surface area contributed by atoms with Gasteiger partial charge in [0.25, 0.3) is 0 Å². The summed E-state index contributed by atoms with van der Waals surface area (Å²) in [5, 5.41) is 6.95. The van der Waals surface area contributed by atoms with Crippen molar-refractivity contribution in [2.45, 2.75) is 6.92 Å². The first kappa shape index (κ1) is 13.7. The van der Waals surface area contributed by atoms with Gasteiger partial charge in [-0.2, -0.15) is 20.1 Å². The van der Waals surface area contributed by atoms with E-state index in [2.05, 4.69) is 30.8 Å². The number of aryl methyl sites for hydroxylation is 1. The number of methoxy groups -OCH3 is 1.